The number of hydrogen-bond acceptors (Lipinski definition) is 4. The zero-order chi connectivity index (χ0) is 13.0. The number of anilines is 1. The van der Waals surface area contributed by atoms with Gasteiger partial charge in [-0.2, -0.15) is 16.6 Å². The predicted molar refractivity (Wildman–Crippen MR) is 75.7 cm³/mol. The molecule has 0 spiro atoms. The van der Waals surface area contributed by atoms with Gasteiger partial charge in [-0.3, -0.25) is 0 Å². The Hall–Kier alpha value is -1.83. The second kappa shape index (κ2) is 5.67. The van der Waals surface area contributed by atoms with Gasteiger partial charge in [-0.1, -0.05) is 6.07 Å². The number of nitrogens with two attached hydrogens (primary N) is 1. The van der Waals surface area contributed by atoms with Gasteiger partial charge in [0, 0.05) is 19.3 Å². The van der Waals surface area contributed by atoms with Crippen molar-refractivity contribution in [1.29, 1.82) is 5.26 Å². The SMILES string of the molecule is CN(c1cccc(C#N)c1)C(CN)c1ccsc1. The zero-order valence-corrected chi connectivity index (χ0v) is 11.0. The summed E-state index contributed by atoms with van der Waals surface area (Å²) in [6, 6.07) is 12.0. The monoisotopic (exact) mass is 257 g/mol. The molecular formula is C14H15N3S. The fraction of sp³-hybridized carbons (Fsp3) is 0.214. The lowest BCUT2D eigenvalue weighted by atomic mass is 10.1. The number of likely N-dealkylation sites (N-methyl/N-ethyl adjacent to an activating group) is 1. The summed E-state index contributed by atoms with van der Waals surface area (Å²) >= 11 is 1.67. The average Bonchev–Trinajstić information content (AvgIpc) is 2.93. The first-order valence-electron chi connectivity index (χ1n) is 5.71. The maximum atomic E-state index is 8.93. The number of thiophene rings is 1. The fourth-order valence-corrected chi connectivity index (χ4v) is 2.66. The van der Waals surface area contributed by atoms with Crippen LogP contribution in [0.1, 0.15) is 17.2 Å². The number of rotatable bonds is 4. The second-order valence-electron chi connectivity index (χ2n) is 4.08. The van der Waals surface area contributed by atoms with Crippen LogP contribution in [0.3, 0.4) is 0 Å². The molecule has 0 aliphatic rings. The normalized spacial score (nSPS) is 11.8. The average molecular weight is 257 g/mol. The highest BCUT2D eigenvalue weighted by Crippen LogP contribution is 2.26. The van der Waals surface area contributed by atoms with E-state index in [0.717, 1.165) is 5.69 Å². The van der Waals surface area contributed by atoms with E-state index in [1.807, 2.05) is 25.2 Å². The van der Waals surface area contributed by atoms with Crippen LogP contribution in [0.5, 0.6) is 0 Å². The van der Waals surface area contributed by atoms with Gasteiger partial charge in [0.25, 0.3) is 0 Å². The van der Waals surface area contributed by atoms with Gasteiger partial charge < -0.3 is 10.6 Å². The quantitative estimate of drug-likeness (QED) is 0.916. The van der Waals surface area contributed by atoms with Crippen molar-refractivity contribution in [2.45, 2.75) is 6.04 Å². The molecule has 0 fully saturated rings. The summed E-state index contributed by atoms with van der Waals surface area (Å²) in [6.45, 7) is 0.546. The third-order valence-corrected chi connectivity index (χ3v) is 3.70. The molecule has 2 N–H and O–H groups in total. The van der Waals surface area contributed by atoms with Crippen LogP contribution in [0.4, 0.5) is 5.69 Å². The molecule has 1 aromatic carbocycles. The van der Waals surface area contributed by atoms with Crippen molar-refractivity contribution < 1.29 is 0 Å². The first-order valence-corrected chi connectivity index (χ1v) is 6.65. The minimum absolute atomic E-state index is 0.144. The molecule has 1 unspecified atom stereocenters. The summed E-state index contributed by atoms with van der Waals surface area (Å²) in [6.07, 6.45) is 0. The highest BCUT2D eigenvalue weighted by molar-refractivity contribution is 7.08. The maximum absolute atomic E-state index is 8.93. The minimum Gasteiger partial charge on any atom is -0.366 e. The van der Waals surface area contributed by atoms with Crippen LogP contribution < -0.4 is 10.6 Å². The molecule has 2 rings (SSSR count). The number of nitriles is 1. The van der Waals surface area contributed by atoms with Crippen molar-refractivity contribution in [1.82, 2.24) is 0 Å². The summed E-state index contributed by atoms with van der Waals surface area (Å²) in [5.41, 5.74) is 8.76. The van der Waals surface area contributed by atoms with E-state index in [0.29, 0.717) is 12.1 Å². The first kappa shape index (κ1) is 12.6. The van der Waals surface area contributed by atoms with E-state index in [2.05, 4.69) is 27.8 Å². The van der Waals surface area contributed by atoms with Gasteiger partial charge in [-0.15, -0.1) is 0 Å². The smallest absolute Gasteiger partial charge is 0.0992 e. The zero-order valence-electron chi connectivity index (χ0n) is 10.2. The van der Waals surface area contributed by atoms with Gasteiger partial charge in [-0.25, -0.2) is 0 Å². The number of nitrogens with zero attached hydrogens (tertiary/aromatic N) is 2. The van der Waals surface area contributed by atoms with E-state index >= 15 is 0 Å². The highest BCUT2D eigenvalue weighted by atomic mass is 32.1. The summed E-state index contributed by atoms with van der Waals surface area (Å²) < 4.78 is 0. The van der Waals surface area contributed by atoms with E-state index in [4.69, 9.17) is 11.0 Å². The highest BCUT2D eigenvalue weighted by Gasteiger charge is 2.16. The van der Waals surface area contributed by atoms with E-state index in [1.165, 1.54) is 5.56 Å². The molecule has 0 aliphatic heterocycles. The Labute approximate surface area is 111 Å². The van der Waals surface area contributed by atoms with Crippen molar-refractivity contribution in [3.63, 3.8) is 0 Å². The van der Waals surface area contributed by atoms with Crippen molar-refractivity contribution >= 4 is 17.0 Å². The largest absolute Gasteiger partial charge is 0.366 e. The summed E-state index contributed by atoms with van der Waals surface area (Å²) in [4.78, 5) is 2.11. The Morgan fingerprint density at radius 2 is 2.28 bits per heavy atom. The van der Waals surface area contributed by atoms with Crippen LogP contribution >= 0.6 is 11.3 Å². The third kappa shape index (κ3) is 2.53. The molecule has 0 radical (unpaired) electrons. The van der Waals surface area contributed by atoms with Gasteiger partial charge in [0.05, 0.1) is 17.7 Å². The molecule has 0 amide bonds. The first-order chi connectivity index (χ1) is 8.76. The molecule has 0 aliphatic carbocycles. The number of benzene rings is 1. The minimum atomic E-state index is 0.144. The maximum Gasteiger partial charge on any atom is 0.0992 e. The van der Waals surface area contributed by atoms with Crippen molar-refractivity contribution in [2.75, 3.05) is 18.5 Å². The fourth-order valence-electron chi connectivity index (χ4n) is 1.96. The number of hydrogen-bond donors (Lipinski definition) is 1. The molecular weight excluding hydrogens is 242 g/mol. The molecule has 1 heterocycles. The van der Waals surface area contributed by atoms with E-state index in [-0.39, 0.29) is 6.04 Å². The molecule has 1 atom stereocenters. The van der Waals surface area contributed by atoms with E-state index in [9.17, 15) is 0 Å². The van der Waals surface area contributed by atoms with Crippen LogP contribution in [0.25, 0.3) is 0 Å². The van der Waals surface area contributed by atoms with Crippen LogP contribution in [0.15, 0.2) is 41.1 Å². The molecule has 0 saturated carbocycles. The lowest BCUT2D eigenvalue weighted by molar-refractivity contribution is 0.683. The molecule has 3 nitrogen and oxygen atoms in total. The Morgan fingerprint density at radius 3 is 2.89 bits per heavy atom. The molecule has 4 heteroatoms. The summed E-state index contributed by atoms with van der Waals surface area (Å²) in [5, 5.41) is 13.1. The topological polar surface area (TPSA) is 53.0 Å². The summed E-state index contributed by atoms with van der Waals surface area (Å²) in [5.74, 6) is 0. The Kier molecular flexibility index (Phi) is 3.98. The Morgan fingerprint density at radius 1 is 1.44 bits per heavy atom. The van der Waals surface area contributed by atoms with Gasteiger partial charge in [0.1, 0.15) is 0 Å². The van der Waals surface area contributed by atoms with Gasteiger partial charge in [0.2, 0.25) is 0 Å². The van der Waals surface area contributed by atoms with Crippen LogP contribution in [0.2, 0.25) is 0 Å². The predicted octanol–water partition coefficient (Wildman–Crippen LogP) is 2.76. The molecule has 1 aromatic heterocycles. The van der Waals surface area contributed by atoms with Gasteiger partial charge in [0.15, 0.2) is 0 Å². The Balaban J connectivity index is 2.29. The molecule has 2 aromatic rings. The van der Waals surface area contributed by atoms with Crippen molar-refractivity contribution in [2.24, 2.45) is 5.73 Å². The van der Waals surface area contributed by atoms with Crippen LogP contribution in [-0.2, 0) is 0 Å². The van der Waals surface area contributed by atoms with Crippen LogP contribution in [0, 0.1) is 11.3 Å². The molecule has 92 valence electrons. The second-order valence-corrected chi connectivity index (χ2v) is 4.86. The van der Waals surface area contributed by atoms with Gasteiger partial charge >= 0.3 is 0 Å². The lowest BCUT2D eigenvalue weighted by Gasteiger charge is -2.28. The van der Waals surface area contributed by atoms with Crippen LogP contribution in [-0.4, -0.2) is 13.6 Å². The van der Waals surface area contributed by atoms with E-state index in [1.54, 1.807) is 17.4 Å². The molecule has 18 heavy (non-hydrogen) atoms. The van der Waals surface area contributed by atoms with Gasteiger partial charge in [-0.05, 0) is 40.6 Å². The Bertz CT molecular complexity index is 542. The van der Waals surface area contributed by atoms with Crippen molar-refractivity contribution in [3.8, 4) is 6.07 Å². The van der Waals surface area contributed by atoms with Crippen molar-refractivity contribution in [3.05, 3.63) is 52.2 Å². The molecule has 0 bridgehead atoms. The molecule has 0 saturated heterocycles. The summed E-state index contributed by atoms with van der Waals surface area (Å²) in [7, 11) is 2.01. The standard InChI is InChI=1S/C14H15N3S/c1-17(13-4-2-3-11(7-13)8-15)14(9-16)12-5-6-18-10-12/h2-7,10,14H,9,16H2,1H3. The lowest BCUT2D eigenvalue weighted by Crippen LogP contribution is -2.30. The third-order valence-electron chi connectivity index (χ3n) is 3.00. The van der Waals surface area contributed by atoms with E-state index < -0.39 is 0 Å².